The summed E-state index contributed by atoms with van der Waals surface area (Å²) in [5.41, 5.74) is 3.89. The minimum Gasteiger partial charge on any atom is -0.449 e. The summed E-state index contributed by atoms with van der Waals surface area (Å²) < 4.78 is 50.4. The molecule has 1 amide bonds. The second-order valence-corrected chi connectivity index (χ2v) is 10.2. The van der Waals surface area contributed by atoms with Crippen LogP contribution in [0.4, 0.5) is 14.4 Å². The minimum absolute atomic E-state index is 0.0249. The fraction of sp³-hybridized carbons (Fsp3) is 0.267. The van der Waals surface area contributed by atoms with Crippen molar-refractivity contribution in [1.29, 1.82) is 0 Å². The predicted molar refractivity (Wildman–Crippen MR) is 155 cm³/mol. The Balaban J connectivity index is 1.37. The van der Waals surface area contributed by atoms with Gasteiger partial charge in [-0.1, -0.05) is 40.3 Å². The third-order valence-corrected chi connectivity index (χ3v) is 7.11. The smallest absolute Gasteiger partial charge is 0.449 e. The Bertz CT molecular complexity index is 1720. The number of nitrogens with zero attached hydrogens (tertiary/aromatic N) is 1. The molecule has 0 fully saturated rings. The molecule has 1 heterocycles. The highest BCUT2D eigenvalue weighted by atomic mass is 32.3. The summed E-state index contributed by atoms with van der Waals surface area (Å²) in [6.45, 7) is 7.74. The van der Waals surface area contributed by atoms with E-state index in [2.05, 4.69) is 28.2 Å². The molecule has 216 valence electrons. The van der Waals surface area contributed by atoms with E-state index in [1.807, 2.05) is 25.1 Å². The zero-order chi connectivity index (χ0) is 29.6. The number of anilines is 1. The zero-order valence-corrected chi connectivity index (χ0v) is 23.8. The molecule has 1 aromatic heterocycles. The maximum absolute atomic E-state index is 13.1. The highest BCUT2D eigenvalue weighted by Gasteiger charge is 2.16. The molecule has 0 aliphatic carbocycles. The van der Waals surface area contributed by atoms with Gasteiger partial charge in [0.1, 0.15) is 5.58 Å². The third-order valence-electron chi connectivity index (χ3n) is 6.74. The van der Waals surface area contributed by atoms with Crippen LogP contribution in [0.15, 0.2) is 75.9 Å². The molecule has 0 radical (unpaired) electrons. The van der Waals surface area contributed by atoms with Crippen molar-refractivity contribution in [1.82, 2.24) is 5.32 Å². The summed E-state index contributed by atoms with van der Waals surface area (Å²) in [6, 6.07) is 18.8. The van der Waals surface area contributed by atoms with Crippen molar-refractivity contribution in [2.24, 2.45) is 0 Å². The van der Waals surface area contributed by atoms with Crippen LogP contribution in [0, 0.1) is 6.92 Å². The predicted octanol–water partition coefficient (Wildman–Crippen LogP) is 5.68. The number of carbonyl (C=O) groups is 1. The van der Waals surface area contributed by atoms with Crippen LogP contribution in [0.3, 0.4) is 0 Å². The molecule has 0 bridgehead atoms. The summed E-state index contributed by atoms with van der Waals surface area (Å²) in [6.07, 6.45) is -0.478. The lowest BCUT2D eigenvalue weighted by molar-refractivity contribution is 0.146. The Hall–Kier alpha value is -4.38. The van der Waals surface area contributed by atoms with Gasteiger partial charge in [0.15, 0.2) is 5.75 Å². The lowest BCUT2D eigenvalue weighted by atomic mass is 10.0. The first-order valence-electron chi connectivity index (χ1n) is 13.1. The van der Waals surface area contributed by atoms with E-state index >= 15 is 0 Å². The summed E-state index contributed by atoms with van der Waals surface area (Å²) >= 11 is 0. The number of fused-ring (bicyclic) bond motifs is 1. The van der Waals surface area contributed by atoms with Gasteiger partial charge in [0.2, 0.25) is 0 Å². The van der Waals surface area contributed by atoms with Crippen LogP contribution in [0.25, 0.3) is 22.1 Å². The van der Waals surface area contributed by atoms with Crippen LogP contribution in [-0.4, -0.2) is 34.2 Å². The summed E-state index contributed by atoms with van der Waals surface area (Å²) in [5.74, 6) is -0.155. The second-order valence-electron chi connectivity index (χ2n) is 9.26. The van der Waals surface area contributed by atoms with E-state index < -0.39 is 22.2 Å². The average molecular weight is 583 g/mol. The average Bonchev–Trinajstić information content (AvgIpc) is 2.94. The molecule has 41 heavy (non-hydrogen) atoms. The summed E-state index contributed by atoms with van der Waals surface area (Å²) in [5, 5.41) is 3.48. The number of aryl methyl sites for hydroxylation is 1. The van der Waals surface area contributed by atoms with Crippen molar-refractivity contribution >= 4 is 33.3 Å². The van der Waals surface area contributed by atoms with Crippen LogP contribution in [0.1, 0.15) is 30.5 Å². The van der Waals surface area contributed by atoms with Gasteiger partial charge < -0.3 is 23.6 Å². The van der Waals surface area contributed by atoms with Crippen molar-refractivity contribution in [3.63, 3.8) is 0 Å². The SMILES string of the molecule is CCN(CC)c1ccc2c(C)c(CCOC(=O)NCc3cccc(-c4ccccc4OS(=O)(=O)F)c3)c(=O)oc2c1. The largest absolute Gasteiger partial charge is 0.488 e. The lowest BCUT2D eigenvalue weighted by Gasteiger charge is -2.21. The number of alkyl carbamates (subject to hydrolysis) is 1. The zero-order valence-electron chi connectivity index (χ0n) is 23.0. The molecule has 3 aromatic carbocycles. The van der Waals surface area contributed by atoms with Gasteiger partial charge in [-0.2, -0.15) is 8.42 Å². The highest BCUT2D eigenvalue weighted by molar-refractivity contribution is 7.81. The molecule has 0 unspecified atom stereocenters. The van der Waals surface area contributed by atoms with E-state index in [1.165, 1.54) is 12.1 Å². The van der Waals surface area contributed by atoms with E-state index in [1.54, 1.807) is 36.4 Å². The minimum atomic E-state index is -5.19. The van der Waals surface area contributed by atoms with Gasteiger partial charge in [0.25, 0.3) is 0 Å². The molecule has 0 spiro atoms. The Morgan fingerprint density at radius 2 is 1.78 bits per heavy atom. The standard InChI is InChI=1S/C30H31FN2O7S/c1-4-33(5-2)23-13-14-24-20(3)25(29(34)39-28(24)18-23)15-16-38-30(35)32-19-21-9-8-10-22(17-21)26-11-6-7-12-27(26)40-41(31,36)37/h6-14,17-18H,4-5,15-16,19H2,1-3H3,(H,32,35). The van der Waals surface area contributed by atoms with Crippen molar-refractivity contribution in [2.45, 2.75) is 33.7 Å². The van der Waals surface area contributed by atoms with E-state index in [0.29, 0.717) is 27.8 Å². The Morgan fingerprint density at radius 1 is 1.02 bits per heavy atom. The van der Waals surface area contributed by atoms with Crippen LogP contribution in [-0.2, 0) is 28.2 Å². The maximum Gasteiger partial charge on any atom is 0.488 e. The third kappa shape index (κ3) is 7.43. The first kappa shape index (κ1) is 29.6. The summed E-state index contributed by atoms with van der Waals surface area (Å²) in [4.78, 5) is 27.2. The molecule has 1 N–H and O–H groups in total. The fourth-order valence-electron chi connectivity index (χ4n) is 4.66. The van der Waals surface area contributed by atoms with E-state index in [4.69, 9.17) is 9.15 Å². The molecule has 0 saturated heterocycles. The fourth-order valence-corrected chi connectivity index (χ4v) is 5.02. The Labute approximate surface area is 237 Å². The quantitative estimate of drug-likeness (QED) is 0.178. The first-order valence-corrected chi connectivity index (χ1v) is 14.4. The van der Waals surface area contributed by atoms with E-state index in [9.17, 15) is 21.9 Å². The van der Waals surface area contributed by atoms with Gasteiger partial charge >= 0.3 is 22.2 Å². The number of ether oxygens (including phenoxy) is 1. The molecule has 0 aliphatic heterocycles. The molecule has 9 nitrogen and oxygen atoms in total. The van der Waals surface area contributed by atoms with Gasteiger partial charge in [-0.25, -0.2) is 9.59 Å². The van der Waals surface area contributed by atoms with Crippen LogP contribution in [0.2, 0.25) is 0 Å². The Kier molecular flexibility index (Phi) is 9.28. The topological polar surface area (TPSA) is 115 Å². The van der Waals surface area contributed by atoms with Crippen LogP contribution >= 0.6 is 0 Å². The number of halogens is 1. The van der Waals surface area contributed by atoms with Crippen molar-refractivity contribution < 1.29 is 30.4 Å². The number of benzene rings is 3. The first-order chi connectivity index (χ1) is 19.6. The number of hydrogen-bond acceptors (Lipinski definition) is 8. The van der Waals surface area contributed by atoms with Crippen molar-refractivity contribution in [3.05, 3.63) is 93.8 Å². The maximum atomic E-state index is 13.1. The molecule has 0 saturated carbocycles. The van der Waals surface area contributed by atoms with Gasteiger partial charge in [0.05, 0.1) is 6.61 Å². The molecular formula is C30H31FN2O7S. The number of rotatable bonds is 11. The molecule has 11 heteroatoms. The number of carbonyl (C=O) groups excluding carboxylic acids is 1. The number of hydrogen-bond donors (Lipinski definition) is 1. The van der Waals surface area contributed by atoms with Gasteiger partial charge in [0, 0.05) is 54.3 Å². The molecule has 4 rings (SSSR count). The molecule has 4 aromatic rings. The van der Waals surface area contributed by atoms with Gasteiger partial charge in [-0.05, 0) is 61.7 Å². The van der Waals surface area contributed by atoms with Crippen molar-refractivity contribution in [2.75, 3.05) is 24.6 Å². The highest BCUT2D eigenvalue weighted by Crippen LogP contribution is 2.31. The number of para-hydroxylation sites is 1. The lowest BCUT2D eigenvalue weighted by Crippen LogP contribution is -2.25. The molecule has 0 atom stereocenters. The van der Waals surface area contributed by atoms with Crippen molar-refractivity contribution in [3.8, 4) is 16.9 Å². The molecule has 0 aliphatic rings. The summed E-state index contributed by atoms with van der Waals surface area (Å²) in [7, 11) is -5.19. The number of nitrogens with one attached hydrogen (secondary N) is 1. The number of amides is 1. The van der Waals surface area contributed by atoms with Gasteiger partial charge in [-0.15, -0.1) is 0 Å². The second kappa shape index (κ2) is 12.9. The van der Waals surface area contributed by atoms with Crippen LogP contribution < -0.4 is 20.0 Å². The van der Waals surface area contributed by atoms with E-state index in [0.717, 1.165) is 29.7 Å². The van der Waals surface area contributed by atoms with Gasteiger partial charge in [-0.3, -0.25) is 0 Å². The monoisotopic (exact) mass is 582 g/mol. The molecular weight excluding hydrogens is 551 g/mol. The van der Waals surface area contributed by atoms with Crippen LogP contribution in [0.5, 0.6) is 5.75 Å². The normalized spacial score (nSPS) is 11.3. The Morgan fingerprint density at radius 3 is 2.51 bits per heavy atom. The van der Waals surface area contributed by atoms with E-state index in [-0.39, 0.29) is 25.3 Å².